The van der Waals surface area contributed by atoms with E-state index < -0.39 is 0 Å². The van der Waals surface area contributed by atoms with E-state index in [1.807, 2.05) is 29.2 Å². The normalized spacial score (nSPS) is 21.7. The van der Waals surface area contributed by atoms with Crippen LogP contribution in [0.3, 0.4) is 0 Å². The first kappa shape index (κ1) is 18.2. The Morgan fingerprint density at radius 2 is 2.24 bits per heavy atom. The van der Waals surface area contributed by atoms with Crippen molar-refractivity contribution in [3.63, 3.8) is 0 Å². The van der Waals surface area contributed by atoms with Crippen molar-refractivity contribution in [1.29, 1.82) is 0 Å². The maximum atomic E-state index is 12.8. The molecule has 0 radical (unpaired) electrons. The smallest absolute Gasteiger partial charge is 0.253 e. The lowest BCUT2D eigenvalue weighted by atomic mass is 10.1. The number of likely N-dealkylation sites (tertiary alicyclic amines) is 1. The highest BCUT2D eigenvalue weighted by atomic mass is 35.5. The third-order valence-corrected chi connectivity index (χ3v) is 6.20. The molecule has 1 aromatic heterocycles. The van der Waals surface area contributed by atoms with Crippen molar-refractivity contribution >= 4 is 35.3 Å². The highest BCUT2D eigenvalue weighted by Crippen LogP contribution is 2.26. The number of thiophene rings is 1. The van der Waals surface area contributed by atoms with Crippen molar-refractivity contribution in [3.8, 4) is 0 Å². The Bertz CT molecular complexity index is 736. The molecule has 3 heterocycles. The molecule has 1 aromatic carbocycles. The summed E-state index contributed by atoms with van der Waals surface area (Å²) in [5.41, 5.74) is 3.10. The number of anilines is 1. The molecule has 25 heavy (non-hydrogen) atoms. The van der Waals surface area contributed by atoms with Crippen molar-refractivity contribution < 1.29 is 4.79 Å². The van der Waals surface area contributed by atoms with Gasteiger partial charge in [-0.05, 0) is 61.0 Å². The Hall–Kier alpha value is -1.56. The fourth-order valence-corrected chi connectivity index (χ4v) is 4.57. The minimum absolute atomic E-state index is 0. The standard InChI is InChI=1S/C19H23N3OS.ClH/c1-13-6-8-24-18(13)10-21-16-4-2-3-14(9-16)19(23)22-11-15-5-7-20-17(15)12-22;/h2-4,6,8-9,15,17,20-21H,5,7,10-12H2,1H3;1H/t15-,17+;/m0./s1. The molecule has 0 aliphatic carbocycles. The second kappa shape index (κ2) is 7.77. The van der Waals surface area contributed by atoms with Gasteiger partial charge in [-0.15, -0.1) is 23.7 Å². The van der Waals surface area contributed by atoms with Crippen molar-refractivity contribution in [1.82, 2.24) is 10.2 Å². The van der Waals surface area contributed by atoms with Crippen molar-refractivity contribution in [3.05, 3.63) is 51.7 Å². The zero-order chi connectivity index (χ0) is 16.5. The molecule has 0 spiro atoms. The van der Waals surface area contributed by atoms with E-state index >= 15 is 0 Å². The number of fused-ring (bicyclic) bond motifs is 1. The van der Waals surface area contributed by atoms with Crippen molar-refractivity contribution in [2.45, 2.75) is 25.9 Å². The predicted octanol–water partition coefficient (Wildman–Crippen LogP) is 3.52. The van der Waals surface area contributed by atoms with Crippen LogP contribution < -0.4 is 10.6 Å². The summed E-state index contributed by atoms with van der Waals surface area (Å²) in [6.45, 7) is 5.77. The molecule has 0 saturated carbocycles. The summed E-state index contributed by atoms with van der Waals surface area (Å²) in [6.07, 6.45) is 1.19. The van der Waals surface area contributed by atoms with Crippen LogP contribution >= 0.6 is 23.7 Å². The summed E-state index contributed by atoms with van der Waals surface area (Å²) < 4.78 is 0. The Kier molecular flexibility index (Phi) is 5.67. The van der Waals surface area contributed by atoms with Crippen LogP contribution in [-0.4, -0.2) is 36.5 Å². The fraction of sp³-hybridized carbons (Fsp3) is 0.421. The monoisotopic (exact) mass is 377 g/mol. The second-order valence-corrected chi connectivity index (χ2v) is 7.78. The SMILES string of the molecule is Cc1ccsc1CNc1cccc(C(=O)N2C[C@@H]3CCN[C@@H]3C2)c1.Cl. The van der Waals surface area contributed by atoms with Crippen LogP contribution in [0, 0.1) is 12.8 Å². The lowest BCUT2D eigenvalue weighted by Crippen LogP contribution is -2.33. The van der Waals surface area contributed by atoms with Gasteiger partial charge >= 0.3 is 0 Å². The van der Waals surface area contributed by atoms with Crippen LogP contribution in [0.1, 0.15) is 27.2 Å². The number of carbonyl (C=O) groups is 1. The van der Waals surface area contributed by atoms with E-state index in [9.17, 15) is 4.79 Å². The van der Waals surface area contributed by atoms with Crippen LogP contribution in [0.15, 0.2) is 35.7 Å². The molecule has 134 valence electrons. The molecule has 0 bridgehead atoms. The molecular weight excluding hydrogens is 354 g/mol. The third-order valence-electron chi connectivity index (χ3n) is 5.18. The van der Waals surface area contributed by atoms with Gasteiger partial charge in [0, 0.05) is 41.8 Å². The molecule has 0 unspecified atom stereocenters. The number of carbonyl (C=O) groups excluding carboxylic acids is 1. The number of rotatable bonds is 4. The Morgan fingerprint density at radius 1 is 1.36 bits per heavy atom. The van der Waals surface area contributed by atoms with E-state index in [-0.39, 0.29) is 18.3 Å². The number of aryl methyl sites for hydroxylation is 1. The van der Waals surface area contributed by atoms with Gasteiger partial charge in [0.1, 0.15) is 0 Å². The Balaban J connectivity index is 0.00000182. The van der Waals surface area contributed by atoms with Crippen molar-refractivity contribution in [2.24, 2.45) is 5.92 Å². The molecule has 1 amide bonds. The van der Waals surface area contributed by atoms with E-state index in [1.165, 1.54) is 16.9 Å². The van der Waals surface area contributed by atoms with Crippen LogP contribution in [0.4, 0.5) is 5.69 Å². The molecule has 2 saturated heterocycles. The maximum absolute atomic E-state index is 12.8. The molecule has 6 heteroatoms. The predicted molar refractivity (Wildman–Crippen MR) is 106 cm³/mol. The van der Waals surface area contributed by atoms with Gasteiger partial charge in [-0.3, -0.25) is 4.79 Å². The van der Waals surface area contributed by atoms with Gasteiger partial charge in [0.2, 0.25) is 0 Å². The summed E-state index contributed by atoms with van der Waals surface area (Å²) >= 11 is 1.76. The van der Waals surface area contributed by atoms with Gasteiger partial charge in [-0.1, -0.05) is 6.07 Å². The number of nitrogens with zero attached hydrogens (tertiary/aromatic N) is 1. The Morgan fingerprint density at radius 3 is 3.00 bits per heavy atom. The molecule has 4 nitrogen and oxygen atoms in total. The molecule has 4 rings (SSSR count). The van der Waals surface area contributed by atoms with Gasteiger partial charge in [-0.2, -0.15) is 0 Å². The average Bonchev–Trinajstić information content (AvgIpc) is 3.28. The fourth-order valence-electron chi connectivity index (χ4n) is 3.73. The lowest BCUT2D eigenvalue weighted by molar-refractivity contribution is 0.0782. The average molecular weight is 378 g/mol. The van der Waals surface area contributed by atoms with E-state index in [1.54, 1.807) is 11.3 Å². The van der Waals surface area contributed by atoms with E-state index in [0.29, 0.717) is 12.0 Å². The first-order valence-electron chi connectivity index (χ1n) is 8.60. The summed E-state index contributed by atoms with van der Waals surface area (Å²) in [7, 11) is 0. The van der Waals surface area contributed by atoms with Gasteiger partial charge in [0.25, 0.3) is 5.91 Å². The van der Waals surface area contributed by atoms with E-state index in [4.69, 9.17) is 0 Å². The Labute approximate surface area is 159 Å². The molecule has 2 atom stereocenters. The lowest BCUT2D eigenvalue weighted by Gasteiger charge is -2.18. The number of amides is 1. The van der Waals surface area contributed by atoms with Gasteiger partial charge in [-0.25, -0.2) is 0 Å². The van der Waals surface area contributed by atoms with Gasteiger partial charge < -0.3 is 15.5 Å². The maximum Gasteiger partial charge on any atom is 0.253 e. The number of hydrogen-bond acceptors (Lipinski definition) is 4. The number of nitrogens with one attached hydrogen (secondary N) is 2. The summed E-state index contributed by atoms with van der Waals surface area (Å²) in [5, 5.41) is 9.06. The summed E-state index contributed by atoms with van der Waals surface area (Å²) in [4.78, 5) is 16.1. The van der Waals surface area contributed by atoms with Gasteiger partial charge in [0.05, 0.1) is 0 Å². The molecule has 2 aliphatic rings. The first-order valence-corrected chi connectivity index (χ1v) is 9.48. The van der Waals surface area contributed by atoms with Crippen molar-refractivity contribution in [2.75, 3.05) is 25.0 Å². The minimum atomic E-state index is 0. The first-order chi connectivity index (χ1) is 11.7. The van der Waals surface area contributed by atoms with Crippen LogP contribution in [-0.2, 0) is 6.54 Å². The van der Waals surface area contributed by atoms with Crippen LogP contribution in [0.5, 0.6) is 0 Å². The molecule has 2 fully saturated rings. The second-order valence-electron chi connectivity index (χ2n) is 6.78. The number of benzene rings is 1. The molecule has 2 aliphatic heterocycles. The minimum Gasteiger partial charge on any atom is -0.380 e. The number of halogens is 1. The molecule has 2 N–H and O–H groups in total. The molecule has 2 aromatic rings. The van der Waals surface area contributed by atoms with E-state index in [0.717, 1.165) is 37.4 Å². The quantitative estimate of drug-likeness (QED) is 0.856. The van der Waals surface area contributed by atoms with Crippen LogP contribution in [0.2, 0.25) is 0 Å². The summed E-state index contributed by atoms with van der Waals surface area (Å²) in [5.74, 6) is 0.791. The largest absolute Gasteiger partial charge is 0.380 e. The highest BCUT2D eigenvalue weighted by Gasteiger charge is 2.38. The zero-order valence-electron chi connectivity index (χ0n) is 14.3. The zero-order valence-corrected chi connectivity index (χ0v) is 16.0. The number of hydrogen-bond donors (Lipinski definition) is 2. The highest BCUT2D eigenvalue weighted by molar-refractivity contribution is 7.10. The summed E-state index contributed by atoms with van der Waals surface area (Å²) in [6, 6.07) is 10.5. The van der Waals surface area contributed by atoms with E-state index in [2.05, 4.69) is 29.0 Å². The molecular formula is C19H24ClN3OS. The third kappa shape index (κ3) is 3.84. The van der Waals surface area contributed by atoms with Gasteiger partial charge in [0.15, 0.2) is 0 Å². The topological polar surface area (TPSA) is 44.4 Å². The van der Waals surface area contributed by atoms with Crippen LogP contribution in [0.25, 0.3) is 0 Å².